The monoisotopic (exact) mass is 269 g/mol. The summed E-state index contributed by atoms with van der Waals surface area (Å²) < 4.78 is 0. The molecule has 1 aromatic heterocycles. The van der Waals surface area contributed by atoms with Gasteiger partial charge in [0.1, 0.15) is 0 Å². The van der Waals surface area contributed by atoms with Crippen molar-refractivity contribution in [1.82, 2.24) is 14.8 Å². The lowest BCUT2D eigenvalue weighted by molar-refractivity contribution is -0.135. The number of benzene rings is 1. The molecule has 2 aliphatic rings. The summed E-state index contributed by atoms with van der Waals surface area (Å²) in [5.74, 6) is -0.189. The number of H-pyrrole nitrogens is 1. The molecule has 2 amide bonds. The highest BCUT2D eigenvalue weighted by molar-refractivity contribution is 5.97. The number of hydrogen-bond acceptors (Lipinski definition) is 2. The van der Waals surface area contributed by atoms with Gasteiger partial charge in [0.05, 0.1) is 19.0 Å². The topological polar surface area (TPSA) is 56.4 Å². The zero-order valence-corrected chi connectivity index (χ0v) is 11.2. The Hall–Kier alpha value is -2.30. The smallest absolute Gasteiger partial charge is 0.242 e. The van der Waals surface area contributed by atoms with Gasteiger partial charge in [0.2, 0.25) is 11.8 Å². The fourth-order valence-corrected chi connectivity index (χ4v) is 3.35. The molecule has 0 saturated carbocycles. The number of aromatic amines is 1. The molecular formula is C15H15N3O2. The number of carbonyl (C=O) groups is 2. The Morgan fingerprint density at radius 1 is 1.20 bits per heavy atom. The molecule has 1 fully saturated rings. The van der Waals surface area contributed by atoms with E-state index in [1.807, 2.05) is 24.3 Å². The number of rotatable bonds is 0. The van der Waals surface area contributed by atoms with E-state index in [2.05, 4.69) is 4.98 Å². The number of likely N-dealkylation sites (N-methyl/N-ethyl adjacent to an activating group) is 1. The Balaban J connectivity index is 1.96. The Morgan fingerprint density at radius 3 is 2.85 bits per heavy atom. The first-order valence-corrected chi connectivity index (χ1v) is 6.77. The van der Waals surface area contributed by atoms with Crippen LogP contribution >= 0.6 is 0 Å². The van der Waals surface area contributed by atoms with Crippen LogP contribution in [-0.4, -0.2) is 46.7 Å². The van der Waals surface area contributed by atoms with Crippen molar-refractivity contribution in [1.29, 1.82) is 0 Å². The molecular weight excluding hydrogens is 254 g/mol. The molecule has 1 atom stereocenters. The maximum Gasteiger partial charge on any atom is 0.242 e. The van der Waals surface area contributed by atoms with Crippen molar-refractivity contribution in [2.75, 3.05) is 20.1 Å². The van der Waals surface area contributed by atoms with Gasteiger partial charge in [-0.25, -0.2) is 0 Å². The van der Waals surface area contributed by atoms with Crippen molar-refractivity contribution in [3.63, 3.8) is 0 Å². The van der Waals surface area contributed by atoms with E-state index in [9.17, 15) is 9.59 Å². The van der Waals surface area contributed by atoms with Gasteiger partial charge in [-0.1, -0.05) is 18.2 Å². The van der Waals surface area contributed by atoms with Crippen LogP contribution in [0.5, 0.6) is 0 Å². The average molecular weight is 269 g/mol. The minimum Gasteiger partial charge on any atom is -0.357 e. The molecule has 3 heterocycles. The van der Waals surface area contributed by atoms with E-state index in [1.54, 1.807) is 16.8 Å². The van der Waals surface area contributed by atoms with E-state index in [-0.39, 0.29) is 24.3 Å². The summed E-state index contributed by atoms with van der Waals surface area (Å²) in [5, 5.41) is 1.10. The number of hydrogen-bond donors (Lipinski definition) is 1. The first-order chi connectivity index (χ1) is 9.65. The van der Waals surface area contributed by atoms with Crippen LogP contribution in [0.4, 0.5) is 0 Å². The van der Waals surface area contributed by atoms with Gasteiger partial charge >= 0.3 is 0 Å². The number of nitrogens with zero attached hydrogens (tertiary/aromatic N) is 2. The Kier molecular flexibility index (Phi) is 2.22. The zero-order chi connectivity index (χ0) is 13.9. The molecule has 4 rings (SSSR count). The van der Waals surface area contributed by atoms with Crippen LogP contribution in [0.1, 0.15) is 17.2 Å². The standard InChI is InChI=1S/C15H15N3O2/c1-17-8-13(19)18-6-10(15(17)20)14-9-4-2-3-5-11(9)16-12(14)7-18/h2-5,10,16H,6-8H2,1H3. The number of carbonyl (C=O) groups excluding carboxylic acids is 2. The Morgan fingerprint density at radius 2 is 2.00 bits per heavy atom. The summed E-state index contributed by atoms with van der Waals surface area (Å²) in [6.07, 6.45) is 0. The van der Waals surface area contributed by atoms with Crippen LogP contribution in [0.15, 0.2) is 24.3 Å². The normalized spacial score (nSPS) is 22.1. The molecule has 5 nitrogen and oxygen atoms in total. The van der Waals surface area contributed by atoms with E-state index in [0.29, 0.717) is 13.1 Å². The molecule has 2 aromatic rings. The quantitative estimate of drug-likeness (QED) is 0.777. The van der Waals surface area contributed by atoms with Crippen LogP contribution in [0.2, 0.25) is 0 Å². The predicted molar refractivity (Wildman–Crippen MR) is 74.1 cm³/mol. The van der Waals surface area contributed by atoms with E-state index in [4.69, 9.17) is 0 Å². The Bertz CT molecular complexity index is 734. The molecule has 20 heavy (non-hydrogen) atoms. The zero-order valence-electron chi connectivity index (χ0n) is 11.2. The van der Waals surface area contributed by atoms with Gasteiger partial charge in [0, 0.05) is 30.2 Å². The number of para-hydroxylation sites is 1. The summed E-state index contributed by atoms with van der Waals surface area (Å²) in [7, 11) is 1.70. The lowest BCUT2D eigenvalue weighted by Crippen LogP contribution is -2.38. The highest BCUT2D eigenvalue weighted by atomic mass is 16.2. The Labute approximate surface area is 116 Å². The molecule has 1 aromatic carbocycles. The molecule has 0 radical (unpaired) electrons. The van der Waals surface area contributed by atoms with E-state index in [0.717, 1.165) is 22.2 Å². The minimum atomic E-state index is -0.244. The molecule has 0 spiro atoms. The van der Waals surface area contributed by atoms with Crippen LogP contribution in [0.3, 0.4) is 0 Å². The average Bonchev–Trinajstić information content (AvgIpc) is 2.80. The molecule has 1 N–H and O–H groups in total. The minimum absolute atomic E-state index is 0.0210. The number of fused-ring (bicyclic) bond motifs is 6. The van der Waals surface area contributed by atoms with Gasteiger partial charge in [0.15, 0.2) is 0 Å². The summed E-state index contributed by atoms with van der Waals surface area (Å²) in [5.41, 5.74) is 3.11. The van der Waals surface area contributed by atoms with Crippen LogP contribution in [-0.2, 0) is 16.1 Å². The van der Waals surface area contributed by atoms with Crippen LogP contribution < -0.4 is 0 Å². The van der Waals surface area contributed by atoms with Gasteiger partial charge in [-0.05, 0) is 11.6 Å². The third-order valence-electron chi connectivity index (χ3n) is 4.33. The summed E-state index contributed by atoms with van der Waals surface area (Å²) in [6, 6.07) is 8.01. The summed E-state index contributed by atoms with van der Waals surface area (Å²) >= 11 is 0. The van der Waals surface area contributed by atoms with Gasteiger partial charge in [-0.3, -0.25) is 9.59 Å². The summed E-state index contributed by atoms with van der Waals surface area (Å²) in [6.45, 7) is 1.24. The van der Waals surface area contributed by atoms with Gasteiger partial charge in [-0.2, -0.15) is 0 Å². The first-order valence-electron chi connectivity index (χ1n) is 6.77. The van der Waals surface area contributed by atoms with Crippen molar-refractivity contribution in [3.05, 3.63) is 35.5 Å². The van der Waals surface area contributed by atoms with Crippen LogP contribution in [0, 0.1) is 0 Å². The van der Waals surface area contributed by atoms with E-state index < -0.39 is 0 Å². The van der Waals surface area contributed by atoms with E-state index in [1.165, 1.54) is 0 Å². The fourth-order valence-electron chi connectivity index (χ4n) is 3.35. The van der Waals surface area contributed by atoms with Gasteiger partial charge in [0.25, 0.3) is 0 Å². The number of amides is 2. The van der Waals surface area contributed by atoms with Crippen molar-refractivity contribution in [3.8, 4) is 0 Å². The SMILES string of the molecule is CN1CC(=O)N2Cc3[nH]c4ccccc4c3C(C2)C1=O. The second-order valence-corrected chi connectivity index (χ2v) is 5.58. The third kappa shape index (κ3) is 1.43. The van der Waals surface area contributed by atoms with Gasteiger partial charge < -0.3 is 14.8 Å². The molecule has 1 unspecified atom stereocenters. The van der Waals surface area contributed by atoms with Crippen molar-refractivity contribution >= 4 is 22.7 Å². The van der Waals surface area contributed by atoms with Crippen molar-refractivity contribution < 1.29 is 9.59 Å². The summed E-state index contributed by atoms with van der Waals surface area (Å²) in [4.78, 5) is 31.4. The fraction of sp³-hybridized carbons (Fsp3) is 0.333. The van der Waals surface area contributed by atoms with Crippen molar-refractivity contribution in [2.24, 2.45) is 0 Å². The second kappa shape index (κ2) is 3.85. The lowest BCUT2D eigenvalue weighted by atomic mass is 9.91. The molecule has 0 aliphatic carbocycles. The highest BCUT2D eigenvalue weighted by Crippen LogP contribution is 2.36. The van der Waals surface area contributed by atoms with Crippen molar-refractivity contribution in [2.45, 2.75) is 12.5 Å². The first kappa shape index (κ1) is 11.5. The predicted octanol–water partition coefficient (Wildman–Crippen LogP) is 1.07. The van der Waals surface area contributed by atoms with Gasteiger partial charge in [-0.15, -0.1) is 0 Å². The highest BCUT2D eigenvalue weighted by Gasteiger charge is 2.39. The maximum absolute atomic E-state index is 12.5. The van der Waals surface area contributed by atoms with E-state index >= 15 is 0 Å². The molecule has 1 saturated heterocycles. The lowest BCUT2D eigenvalue weighted by Gasteiger charge is -2.29. The molecule has 2 aliphatic heterocycles. The van der Waals surface area contributed by atoms with Crippen LogP contribution in [0.25, 0.3) is 10.9 Å². The number of nitrogens with one attached hydrogen (secondary N) is 1. The second-order valence-electron chi connectivity index (χ2n) is 5.58. The molecule has 102 valence electrons. The third-order valence-corrected chi connectivity index (χ3v) is 4.33. The maximum atomic E-state index is 12.5. The molecule has 2 bridgehead atoms. The largest absolute Gasteiger partial charge is 0.357 e. The molecule has 5 heteroatoms. The number of aromatic nitrogens is 1.